The second-order valence-corrected chi connectivity index (χ2v) is 3.16. The second-order valence-electron chi connectivity index (χ2n) is 3.16. The largest absolute Gasteiger partial charge is 0.487 e. The Bertz CT molecular complexity index is 450. The molecule has 0 aliphatic carbocycles. The number of halogens is 2. The van der Waals surface area contributed by atoms with Crippen LogP contribution in [0.15, 0.2) is 6.07 Å². The molecule has 0 spiro atoms. The molecule has 1 aliphatic rings. The molecule has 86 valence electrons. The van der Waals surface area contributed by atoms with E-state index in [2.05, 4.69) is 0 Å². The highest BCUT2D eigenvalue weighted by molar-refractivity contribution is 5.51. The van der Waals surface area contributed by atoms with Crippen LogP contribution in [0.5, 0.6) is 11.5 Å². The van der Waals surface area contributed by atoms with Crippen LogP contribution in [-0.2, 0) is 0 Å². The summed E-state index contributed by atoms with van der Waals surface area (Å²) in [7, 11) is 0. The Morgan fingerprint density at radius 1 is 1.25 bits per heavy atom. The number of hydrogen-bond acceptors (Lipinski definition) is 4. The van der Waals surface area contributed by atoms with Crippen LogP contribution in [0.4, 0.5) is 14.5 Å². The molecule has 0 saturated heterocycles. The maximum absolute atomic E-state index is 13.6. The predicted octanol–water partition coefficient (Wildman–Crippen LogP) is 2.03. The van der Waals surface area contributed by atoms with Crippen molar-refractivity contribution in [1.29, 1.82) is 0 Å². The lowest BCUT2D eigenvalue weighted by atomic mass is 10.2. The highest BCUT2D eigenvalue weighted by Crippen LogP contribution is 2.39. The first kappa shape index (κ1) is 10.6. The van der Waals surface area contributed by atoms with Crippen LogP contribution < -0.4 is 9.47 Å². The first-order valence-corrected chi connectivity index (χ1v) is 4.53. The summed E-state index contributed by atoms with van der Waals surface area (Å²) < 4.78 is 36.8. The Balaban J connectivity index is 2.61. The third-order valence-electron chi connectivity index (χ3n) is 2.09. The number of benzene rings is 1. The monoisotopic (exact) mass is 231 g/mol. The Morgan fingerprint density at radius 2 is 1.88 bits per heavy atom. The Kier molecular flexibility index (Phi) is 2.59. The minimum atomic E-state index is -1.21. The van der Waals surface area contributed by atoms with Gasteiger partial charge in [0.05, 0.1) is 24.2 Å². The summed E-state index contributed by atoms with van der Waals surface area (Å²) in [4.78, 5) is 9.44. The molecule has 0 bridgehead atoms. The van der Waals surface area contributed by atoms with Gasteiger partial charge in [0.25, 0.3) is 0 Å². The van der Waals surface area contributed by atoms with E-state index in [9.17, 15) is 18.9 Å². The molecule has 16 heavy (non-hydrogen) atoms. The highest BCUT2D eigenvalue weighted by Gasteiger charge is 2.28. The fourth-order valence-electron chi connectivity index (χ4n) is 1.38. The lowest BCUT2D eigenvalue weighted by Gasteiger charge is -2.08. The highest BCUT2D eigenvalue weighted by atomic mass is 19.1. The van der Waals surface area contributed by atoms with Crippen molar-refractivity contribution in [2.75, 3.05) is 13.2 Å². The predicted molar refractivity (Wildman–Crippen MR) is 48.6 cm³/mol. The number of nitro benzene ring substituents is 1. The number of ether oxygens (including phenoxy) is 2. The fourth-order valence-corrected chi connectivity index (χ4v) is 1.38. The summed E-state index contributed by atoms with van der Waals surface area (Å²) >= 11 is 0. The van der Waals surface area contributed by atoms with Crippen molar-refractivity contribution in [3.63, 3.8) is 0 Å². The lowest BCUT2D eigenvalue weighted by Crippen LogP contribution is -2.01. The number of hydrogen-bond donors (Lipinski definition) is 0. The SMILES string of the molecule is O=[N+]([O-])c1cc(F)c2c(c1F)OCCCO2. The van der Waals surface area contributed by atoms with E-state index in [1.165, 1.54) is 0 Å². The van der Waals surface area contributed by atoms with Gasteiger partial charge in [-0.15, -0.1) is 0 Å². The summed E-state index contributed by atoms with van der Waals surface area (Å²) in [5, 5.41) is 10.4. The Hall–Kier alpha value is -1.92. The molecule has 0 atom stereocenters. The van der Waals surface area contributed by atoms with Crippen molar-refractivity contribution in [2.45, 2.75) is 6.42 Å². The molecule has 7 heteroatoms. The molecule has 0 fully saturated rings. The van der Waals surface area contributed by atoms with E-state index in [4.69, 9.17) is 9.47 Å². The minimum absolute atomic E-state index is 0.129. The van der Waals surface area contributed by atoms with Crippen LogP contribution >= 0.6 is 0 Å². The maximum Gasteiger partial charge on any atom is 0.311 e. The molecule has 1 aromatic carbocycles. The molecule has 1 aromatic rings. The van der Waals surface area contributed by atoms with Crippen LogP contribution in [0.3, 0.4) is 0 Å². The molecule has 1 aliphatic heterocycles. The van der Waals surface area contributed by atoms with E-state index in [0.29, 0.717) is 12.5 Å². The fraction of sp³-hybridized carbons (Fsp3) is 0.333. The maximum atomic E-state index is 13.6. The van der Waals surface area contributed by atoms with Gasteiger partial charge in [-0.3, -0.25) is 10.1 Å². The molecular formula is C9H7F2NO4. The summed E-state index contributed by atoms with van der Waals surface area (Å²) in [6.07, 6.45) is 0.460. The van der Waals surface area contributed by atoms with Crippen molar-refractivity contribution in [3.8, 4) is 11.5 Å². The van der Waals surface area contributed by atoms with E-state index in [-0.39, 0.29) is 13.2 Å². The average molecular weight is 231 g/mol. The first-order valence-electron chi connectivity index (χ1n) is 4.53. The zero-order chi connectivity index (χ0) is 11.7. The van der Waals surface area contributed by atoms with Gasteiger partial charge in [0.2, 0.25) is 17.3 Å². The van der Waals surface area contributed by atoms with Gasteiger partial charge in [-0.05, 0) is 0 Å². The van der Waals surface area contributed by atoms with Crippen LogP contribution in [0, 0.1) is 21.7 Å². The first-order chi connectivity index (χ1) is 7.61. The molecular weight excluding hydrogens is 224 g/mol. The summed E-state index contributed by atoms with van der Waals surface area (Å²) in [6, 6.07) is 0.489. The van der Waals surface area contributed by atoms with Crippen molar-refractivity contribution >= 4 is 5.69 Å². The van der Waals surface area contributed by atoms with Gasteiger partial charge in [-0.1, -0.05) is 0 Å². The summed E-state index contributed by atoms with van der Waals surface area (Å²) in [6.45, 7) is 0.311. The third kappa shape index (κ3) is 1.64. The quantitative estimate of drug-likeness (QED) is 0.548. The number of fused-ring (bicyclic) bond motifs is 1. The summed E-state index contributed by atoms with van der Waals surface area (Å²) in [5.41, 5.74) is -0.957. The van der Waals surface area contributed by atoms with E-state index in [0.717, 1.165) is 0 Å². The van der Waals surface area contributed by atoms with Gasteiger partial charge in [0, 0.05) is 6.42 Å². The van der Waals surface area contributed by atoms with Gasteiger partial charge in [0.15, 0.2) is 5.82 Å². The van der Waals surface area contributed by atoms with Crippen LogP contribution in [0.25, 0.3) is 0 Å². The van der Waals surface area contributed by atoms with Gasteiger partial charge in [-0.25, -0.2) is 4.39 Å². The Labute approximate surface area is 88.7 Å². The van der Waals surface area contributed by atoms with Crippen molar-refractivity contribution in [2.24, 2.45) is 0 Å². The van der Waals surface area contributed by atoms with Gasteiger partial charge in [-0.2, -0.15) is 4.39 Å². The zero-order valence-corrected chi connectivity index (χ0v) is 8.03. The van der Waals surface area contributed by atoms with Gasteiger partial charge < -0.3 is 9.47 Å². The second kappa shape index (κ2) is 3.92. The smallest absolute Gasteiger partial charge is 0.311 e. The standard InChI is InChI=1S/C9H7F2NO4/c10-5-4-6(12(13)14)7(11)9-8(5)15-2-1-3-16-9/h4H,1-3H2. The number of rotatable bonds is 1. The van der Waals surface area contributed by atoms with Crippen LogP contribution in [0.1, 0.15) is 6.42 Å². The van der Waals surface area contributed by atoms with E-state index >= 15 is 0 Å². The van der Waals surface area contributed by atoms with E-state index < -0.39 is 33.7 Å². The molecule has 0 radical (unpaired) electrons. The topological polar surface area (TPSA) is 61.6 Å². The molecule has 0 saturated carbocycles. The van der Waals surface area contributed by atoms with Crippen LogP contribution in [-0.4, -0.2) is 18.1 Å². The van der Waals surface area contributed by atoms with Crippen molar-refractivity contribution in [1.82, 2.24) is 0 Å². The van der Waals surface area contributed by atoms with Gasteiger partial charge >= 0.3 is 5.69 Å². The average Bonchev–Trinajstić information content (AvgIpc) is 2.48. The van der Waals surface area contributed by atoms with Crippen LogP contribution in [0.2, 0.25) is 0 Å². The molecule has 0 N–H and O–H groups in total. The molecule has 2 rings (SSSR count). The van der Waals surface area contributed by atoms with E-state index in [1.54, 1.807) is 0 Å². The molecule has 0 unspecified atom stereocenters. The third-order valence-corrected chi connectivity index (χ3v) is 2.09. The number of nitrogens with zero attached hydrogens (tertiary/aromatic N) is 1. The normalized spacial score (nSPS) is 14.4. The van der Waals surface area contributed by atoms with E-state index in [1.807, 2.05) is 0 Å². The van der Waals surface area contributed by atoms with Crippen molar-refractivity contribution < 1.29 is 23.2 Å². The molecule has 5 nitrogen and oxygen atoms in total. The number of nitro groups is 1. The minimum Gasteiger partial charge on any atom is -0.487 e. The molecule has 0 aromatic heterocycles. The van der Waals surface area contributed by atoms with Gasteiger partial charge in [0.1, 0.15) is 0 Å². The molecule has 0 amide bonds. The zero-order valence-electron chi connectivity index (χ0n) is 8.03. The Morgan fingerprint density at radius 3 is 2.50 bits per heavy atom. The summed E-state index contributed by atoms with van der Waals surface area (Å²) in [5.74, 6) is -3.13. The lowest BCUT2D eigenvalue weighted by molar-refractivity contribution is -0.387. The molecule has 1 heterocycles. The van der Waals surface area contributed by atoms with Crippen molar-refractivity contribution in [3.05, 3.63) is 27.8 Å².